The first-order valence-corrected chi connectivity index (χ1v) is 8.40. The summed E-state index contributed by atoms with van der Waals surface area (Å²) in [6.45, 7) is 3.02. The van der Waals surface area contributed by atoms with Crippen molar-refractivity contribution in [3.05, 3.63) is 44.4 Å². The van der Waals surface area contributed by atoms with Gasteiger partial charge in [-0.15, -0.1) is 0 Å². The summed E-state index contributed by atoms with van der Waals surface area (Å²) in [5, 5.41) is 22.1. The summed E-state index contributed by atoms with van der Waals surface area (Å²) in [6, 6.07) is 5.31. The highest BCUT2D eigenvalue weighted by molar-refractivity contribution is 7.19. The molecule has 1 amide bonds. The van der Waals surface area contributed by atoms with E-state index in [9.17, 15) is 19.7 Å². The molecule has 11 heteroatoms. The number of amides is 1. The van der Waals surface area contributed by atoms with E-state index in [2.05, 4.69) is 10.3 Å². The van der Waals surface area contributed by atoms with E-state index in [1.54, 1.807) is 0 Å². The Morgan fingerprint density at radius 1 is 1.38 bits per heavy atom. The monoisotopic (exact) mass is 399 g/mol. The molecule has 0 fully saturated rings. The molecule has 0 atom stereocenters. The number of nitrogens with one attached hydrogen (secondary N) is 1. The first-order valence-electron chi connectivity index (χ1n) is 7.20. The second kappa shape index (κ2) is 7.67. The van der Waals surface area contributed by atoms with Crippen LogP contribution in [0.4, 0.5) is 10.8 Å². The fourth-order valence-electron chi connectivity index (χ4n) is 1.86. The molecule has 9 nitrogen and oxygen atoms in total. The van der Waals surface area contributed by atoms with Gasteiger partial charge in [0.1, 0.15) is 10.1 Å². The molecule has 0 saturated heterocycles. The van der Waals surface area contributed by atoms with Crippen LogP contribution in [0, 0.1) is 10.1 Å². The molecule has 1 heterocycles. The molecule has 0 aliphatic rings. The molecular formula is C15H14ClN3O6S. The van der Waals surface area contributed by atoms with E-state index in [-0.39, 0.29) is 33.0 Å². The largest absolute Gasteiger partial charge is 0.481 e. The second-order valence-corrected chi connectivity index (χ2v) is 7.23. The summed E-state index contributed by atoms with van der Waals surface area (Å²) in [5.74, 6) is -1.35. The lowest BCUT2D eigenvalue weighted by Gasteiger charge is -2.24. The number of nitrogens with zero attached hydrogens (tertiary/aromatic N) is 2. The first kappa shape index (κ1) is 19.6. The topological polar surface area (TPSA) is 132 Å². The highest BCUT2D eigenvalue weighted by Gasteiger charge is 2.31. The number of carboxylic acids is 1. The molecule has 0 unspecified atom stereocenters. The summed E-state index contributed by atoms with van der Waals surface area (Å²) >= 11 is 6.85. The maximum absolute atomic E-state index is 12.4. The van der Waals surface area contributed by atoms with E-state index >= 15 is 0 Å². The van der Waals surface area contributed by atoms with Crippen LogP contribution in [-0.2, 0) is 16.0 Å². The average molecular weight is 400 g/mol. The van der Waals surface area contributed by atoms with Crippen LogP contribution < -0.4 is 10.1 Å². The summed E-state index contributed by atoms with van der Waals surface area (Å²) in [4.78, 5) is 37.3. The zero-order valence-electron chi connectivity index (χ0n) is 13.7. The predicted molar refractivity (Wildman–Crippen MR) is 94.9 cm³/mol. The zero-order valence-corrected chi connectivity index (χ0v) is 15.3. The molecule has 0 aliphatic carbocycles. The molecule has 0 bridgehead atoms. The zero-order chi connectivity index (χ0) is 19.5. The van der Waals surface area contributed by atoms with Crippen LogP contribution in [0.2, 0.25) is 4.34 Å². The lowest BCUT2D eigenvalue weighted by molar-refractivity contribution is -0.384. The van der Waals surface area contributed by atoms with Crippen molar-refractivity contribution >= 4 is 45.6 Å². The van der Waals surface area contributed by atoms with Gasteiger partial charge in [0.25, 0.3) is 11.6 Å². The van der Waals surface area contributed by atoms with E-state index in [4.69, 9.17) is 21.4 Å². The van der Waals surface area contributed by atoms with Gasteiger partial charge < -0.3 is 9.84 Å². The minimum Gasteiger partial charge on any atom is -0.481 e. The Kier molecular flexibility index (Phi) is 5.78. The highest BCUT2D eigenvalue weighted by Crippen LogP contribution is 2.29. The fraction of sp³-hybridized carbons (Fsp3) is 0.267. The number of thiazole rings is 1. The van der Waals surface area contributed by atoms with Crippen molar-refractivity contribution in [3.8, 4) is 5.75 Å². The number of ether oxygens (including phenoxy) is 1. The lowest BCUT2D eigenvalue weighted by Crippen LogP contribution is -2.42. The maximum atomic E-state index is 12.4. The van der Waals surface area contributed by atoms with Crippen molar-refractivity contribution < 1.29 is 24.4 Å². The van der Waals surface area contributed by atoms with Gasteiger partial charge in [-0.25, -0.2) is 4.98 Å². The first-order chi connectivity index (χ1) is 12.1. The van der Waals surface area contributed by atoms with Crippen molar-refractivity contribution in [2.75, 3.05) is 5.32 Å². The third-order valence-corrected chi connectivity index (χ3v) is 4.41. The summed E-state index contributed by atoms with van der Waals surface area (Å²) < 4.78 is 5.76. The maximum Gasteiger partial charge on any atom is 0.309 e. The van der Waals surface area contributed by atoms with E-state index in [1.807, 2.05) is 0 Å². The van der Waals surface area contributed by atoms with Crippen LogP contribution in [0.5, 0.6) is 5.75 Å². The van der Waals surface area contributed by atoms with Crippen molar-refractivity contribution in [1.29, 1.82) is 0 Å². The van der Waals surface area contributed by atoms with E-state index in [1.165, 1.54) is 38.1 Å². The van der Waals surface area contributed by atoms with E-state index < -0.39 is 22.4 Å². The predicted octanol–water partition coefficient (Wildman–Crippen LogP) is 3.13. The van der Waals surface area contributed by atoms with Crippen LogP contribution in [0.3, 0.4) is 0 Å². The number of carbonyl (C=O) groups is 2. The van der Waals surface area contributed by atoms with Crippen molar-refractivity contribution in [1.82, 2.24) is 4.98 Å². The lowest BCUT2D eigenvalue weighted by atomic mass is 10.1. The van der Waals surface area contributed by atoms with Gasteiger partial charge in [0.05, 0.1) is 17.0 Å². The standard InChI is InChI=1S/C15H14ClN3O6S/c1-15(2,25-9-5-3-8(4-6-9)19(23)24)13(22)18-14-17-10(7-11(20)21)12(16)26-14/h3-6H,7H2,1-2H3,(H,20,21)(H,17,18,22). The number of carbonyl (C=O) groups excluding carboxylic acids is 1. The molecule has 0 radical (unpaired) electrons. The van der Waals surface area contributed by atoms with Gasteiger partial charge in [0, 0.05) is 12.1 Å². The number of aromatic nitrogens is 1. The van der Waals surface area contributed by atoms with Gasteiger partial charge in [-0.2, -0.15) is 0 Å². The number of rotatable bonds is 7. The Morgan fingerprint density at radius 3 is 2.54 bits per heavy atom. The molecule has 0 saturated carbocycles. The van der Waals surface area contributed by atoms with Crippen LogP contribution in [-0.4, -0.2) is 32.5 Å². The molecule has 2 aromatic rings. The van der Waals surface area contributed by atoms with Gasteiger partial charge in [0.2, 0.25) is 0 Å². The molecule has 0 aliphatic heterocycles. The number of halogens is 1. The molecular weight excluding hydrogens is 386 g/mol. The number of nitro groups is 1. The number of carboxylic acid groups (broad SMARTS) is 1. The minimum absolute atomic E-state index is 0.0944. The fourth-order valence-corrected chi connectivity index (χ4v) is 2.90. The smallest absolute Gasteiger partial charge is 0.309 e. The molecule has 26 heavy (non-hydrogen) atoms. The summed E-state index contributed by atoms with van der Waals surface area (Å²) in [5.41, 5.74) is -1.25. The highest BCUT2D eigenvalue weighted by atomic mass is 35.5. The van der Waals surface area contributed by atoms with E-state index in [0.717, 1.165) is 11.3 Å². The van der Waals surface area contributed by atoms with Crippen LogP contribution in [0.15, 0.2) is 24.3 Å². The third-order valence-electron chi connectivity index (χ3n) is 3.16. The molecule has 138 valence electrons. The molecule has 2 rings (SSSR count). The Hall–Kier alpha value is -2.72. The van der Waals surface area contributed by atoms with Crippen molar-refractivity contribution in [3.63, 3.8) is 0 Å². The van der Waals surface area contributed by atoms with Gasteiger partial charge in [-0.1, -0.05) is 22.9 Å². The van der Waals surface area contributed by atoms with E-state index in [0.29, 0.717) is 0 Å². The average Bonchev–Trinajstić information content (AvgIpc) is 2.86. The Morgan fingerprint density at radius 2 is 2.00 bits per heavy atom. The van der Waals surface area contributed by atoms with Crippen LogP contribution in [0.1, 0.15) is 19.5 Å². The van der Waals surface area contributed by atoms with Crippen molar-refractivity contribution in [2.24, 2.45) is 0 Å². The van der Waals surface area contributed by atoms with Crippen LogP contribution in [0.25, 0.3) is 0 Å². The number of hydrogen-bond acceptors (Lipinski definition) is 7. The van der Waals surface area contributed by atoms with Crippen LogP contribution >= 0.6 is 22.9 Å². The number of non-ortho nitro benzene ring substituents is 1. The Balaban J connectivity index is 2.07. The van der Waals surface area contributed by atoms with Gasteiger partial charge in [0.15, 0.2) is 10.7 Å². The summed E-state index contributed by atoms with van der Waals surface area (Å²) in [7, 11) is 0. The third kappa shape index (κ3) is 4.90. The normalized spacial score (nSPS) is 11.0. The Labute approximate surface area is 156 Å². The molecule has 1 aromatic carbocycles. The Bertz CT molecular complexity index is 850. The number of hydrogen-bond donors (Lipinski definition) is 2. The number of anilines is 1. The SMILES string of the molecule is CC(C)(Oc1ccc([N+](=O)[O-])cc1)C(=O)Nc1nc(CC(=O)O)c(Cl)s1. The second-order valence-electron chi connectivity index (χ2n) is 5.63. The number of nitro benzene ring substituents is 1. The van der Waals surface area contributed by atoms with Gasteiger partial charge in [-0.05, 0) is 26.0 Å². The number of aliphatic carboxylic acids is 1. The molecule has 2 N–H and O–H groups in total. The van der Waals surface area contributed by atoms with Crippen molar-refractivity contribution in [2.45, 2.75) is 25.9 Å². The minimum atomic E-state index is -1.32. The van der Waals surface area contributed by atoms with Gasteiger partial charge in [-0.3, -0.25) is 25.0 Å². The van der Waals surface area contributed by atoms with Gasteiger partial charge >= 0.3 is 5.97 Å². The number of benzene rings is 1. The molecule has 1 aromatic heterocycles. The quantitative estimate of drug-likeness (QED) is 0.539. The molecule has 0 spiro atoms. The summed E-state index contributed by atoms with van der Waals surface area (Å²) in [6.07, 6.45) is -0.353.